The fraction of sp³-hybridized carbons (Fsp3) is 0.273. The molecule has 0 aliphatic rings. The zero-order valence-corrected chi connectivity index (χ0v) is 10.2. The number of hydrogen-bond acceptors (Lipinski definition) is 6. The monoisotopic (exact) mass is 251 g/mol. The summed E-state index contributed by atoms with van der Waals surface area (Å²) in [5.41, 5.74) is 5.47. The number of nitrogens with zero attached hydrogens (tertiary/aromatic N) is 2. The van der Waals surface area contributed by atoms with Gasteiger partial charge >= 0.3 is 0 Å². The predicted molar refractivity (Wildman–Crippen MR) is 66.3 cm³/mol. The van der Waals surface area contributed by atoms with Gasteiger partial charge in [0, 0.05) is 0 Å². The lowest BCUT2D eigenvalue weighted by Gasteiger charge is -2.05. The molecule has 6 heteroatoms. The van der Waals surface area contributed by atoms with Gasteiger partial charge in [-0.25, -0.2) is 0 Å². The molecule has 0 atom stereocenters. The Morgan fingerprint density at radius 2 is 1.76 bits per heavy atom. The Morgan fingerprint density at radius 1 is 1.12 bits per heavy atom. The van der Waals surface area contributed by atoms with E-state index in [1.165, 1.54) is 11.3 Å². The molecule has 0 spiro atoms. The highest BCUT2D eigenvalue weighted by Gasteiger charge is 2.02. The molecule has 0 fully saturated rings. The van der Waals surface area contributed by atoms with E-state index < -0.39 is 0 Å². The van der Waals surface area contributed by atoms with E-state index in [1.807, 2.05) is 31.2 Å². The number of benzene rings is 1. The van der Waals surface area contributed by atoms with Crippen LogP contribution >= 0.6 is 11.3 Å². The minimum atomic E-state index is 0.378. The van der Waals surface area contributed by atoms with Gasteiger partial charge in [0.25, 0.3) is 0 Å². The van der Waals surface area contributed by atoms with Crippen molar-refractivity contribution in [2.75, 3.05) is 12.3 Å². The van der Waals surface area contributed by atoms with E-state index >= 15 is 0 Å². The van der Waals surface area contributed by atoms with Crippen molar-refractivity contribution in [2.24, 2.45) is 0 Å². The molecule has 0 saturated heterocycles. The molecule has 5 nitrogen and oxygen atoms in total. The van der Waals surface area contributed by atoms with Crippen LogP contribution in [-0.2, 0) is 6.61 Å². The molecule has 0 bridgehead atoms. The molecule has 17 heavy (non-hydrogen) atoms. The van der Waals surface area contributed by atoms with Crippen LogP contribution in [0.3, 0.4) is 0 Å². The van der Waals surface area contributed by atoms with E-state index in [1.54, 1.807) is 0 Å². The summed E-state index contributed by atoms with van der Waals surface area (Å²) in [6, 6.07) is 7.45. The number of nitrogens with two attached hydrogens (primary N) is 1. The lowest BCUT2D eigenvalue weighted by molar-refractivity contribution is 0.302. The van der Waals surface area contributed by atoms with Gasteiger partial charge in [-0.1, -0.05) is 11.3 Å². The smallest absolute Gasteiger partial charge is 0.203 e. The Labute approximate surface area is 103 Å². The normalized spacial score (nSPS) is 10.2. The van der Waals surface area contributed by atoms with Crippen molar-refractivity contribution >= 4 is 16.5 Å². The molecule has 0 radical (unpaired) electrons. The Balaban J connectivity index is 1.90. The minimum absolute atomic E-state index is 0.378. The van der Waals surface area contributed by atoms with Crippen molar-refractivity contribution in [1.29, 1.82) is 0 Å². The van der Waals surface area contributed by atoms with Crippen LogP contribution in [-0.4, -0.2) is 16.8 Å². The zero-order chi connectivity index (χ0) is 12.1. The maximum absolute atomic E-state index is 5.54. The maximum atomic E-state index is 5.54. The van der Waals surface area contributed by atoms with Gasteiger partial charge in [-0.3, -0.25) is 0 Å². The molecular formula is C11H13N3O2S. The molecule has 1 aromatic carbocycles. The highest BCUT2D eigenvalue weighted by atomic mass is 32.1. The van der Waals surface area contributed by atoms with Crippen molar-refractivity contribution in [3.63, 3.8) is 0 Å². The standard InChI is InChI=1S/C11H13N3O2S/c1-2-15-8-3-5-9(6-4-8)16-7-10-13-14-11(12)17-10/h3-6H,2,7H2,1H3,(H2,12,14). The predicted octanol–water partition coefficient (Wildman–Crippen LogP) is 2.10. The van der Waals surface area contributed by atoms with Crippen molar-refractivity contribution in [2.45, 2.75) is 13.5 Å². The van der Waals surface area contributed by atoms with Gasteiger partial charge in [-0.15, -0.1) is 10.2 Å². The summed E-state index contributed by atoms with van der Waals surface area (Å²) < 4.78 is 10.9. The third-order valence-electron chi connectivity index (χ3n) is 1.98. The molecule has 2 rings (SSSR count). The summed E-state index contributed by atoms with van der Waals surface area (Å²) >= 11 is 1.32. The highest BCUT2D eigenvalue weighted by Crippen LogP contribution is 2.19. The first-order chi connectivity index (χ1) is 8.28. The topological polar surface area (TPSA) is 70.3 Å². The van der Waals surface area contributed by atoms with E-state index in [0.29, 0.717) is 18.3 Å². The van der Waals surface area contributed by atoms with E-state index in [-0.39, 0.29) is 0 Å². The van der Waals surface area contributed by atoms with Crippen LogP contribution < -0.4 is 15.2 Å². The molecule has 90 valence electrons. The number of nitrogen functional groups attached to an aromatic ring is 1. The van der Waals surface area contributed by atoms with Crippen LogP contribution in [0.4, 0.5) is 5.13 Å². The third-order valence-corrected chi connectivity index (χ3v) is 2.71. The van der Waals surface area contributed by atoms with Crippen LogP contribution in [0, 0.1) is 0 Å². The SMILES string of the molecule is CCOc1ccc(OCc2nnc(N)s2)cc1. The highest BCUT2D eigenvalue weighted by molar-refractivity contribution is 7.15. The number of rotatable bonds is 5. The Morgan fingerprint density at radius 3 is 2.29 bits per heavy atom. The van der Waals surface area contributed by atoms with Gasteiger partial charge < -0.3 is 15.2 Å². The van der Waals surface area contributed by atoms with Crippen molar-refractivity contribution in [3.05, 3.63) is 29.3 Å². The van der Waals surface area contributed by atoms with Crippen molar-refractivity contribution in [3.8, 4) is 11.5 Å². The molecule has 2 N–H and O–H groups in total. The summed E-state index contributed by atoms with van der Waals surface area (Å²) in [4.78, 5) is 0. The number of aromatic nitrogens is 2. The number of anilines is 1. The fourth-order valence-corrected chi connectivity index (χ4v) is 1.79. The third kappa shape index (κ3) is 3.32. The second kappa shape index (κ2) is 5.49. The molecule has 0 aliphatic heterocycles. The molecular weight excluding hydrogens is 238 g/mol. The van der Waals surface area contributed by atoms with Gasteiger partial charge in [0.15, 0.2) is 5.01 Å². The molecule has 1 heterocycles. The first-order valence-corrected chi connectivity index (χ1v) is 6.03. The summed E-state index contributed by atoms with van der Waals surface area (Å²) in [6.07, 6.45) is 0. The van der Waals surface area contributed by atoms with E-state index in [0.717, 1.165) is 16.5 Å². The van der Waals surface area contributed by atoms with Gasteiger partial charge in [0.1, 0.15) is 18.1 Å². The van der Waals surface area contributed by atoms with Crippen LogP contribution in [0.15, 0.2) is 24.3 Å². The zero-order valence-electron chi connectivity index (χ0n) is 9.42. The lowest BCUT2D eigenvalue weighted by atomic mass is 10.3. The van der Waals surface area contributed by atoms with E-state index in [9.17, 15) is 0 Å². The Hall–Kier alpha value is -1.82. The van der Waals surface area contributed by atoms with E-state index in [2.05, 4.69) is 10.2 Å². The lowest BCUT2D eigenvalue weighted by Crippen LogP contribution is -1.95. The van der Waals surface area contributed by atoms with Crippen LogP contribution in [0.1, 0.15) is 11.9 Å². The van der Waals surface area contributed by atoms with Gasteiger partial charge in [0.05, 0.1) is 6.61 Å². The summed E-state index contributed by atoms with van der Waals surface area (Å²) in [6.45, 7) is 2.98. The minimum Gasteiger partial charge on any atom is -0.494 e. The quantitative estimate of drug-likeness (QED) is 0.881. The molecule has 0 unspecified atom stereocenters. The maximum Gasteiger partial charge on any atom is 0.203 e. The summed E-state index contributed by atoms with van der Waals surface area (Å²) in [7, 11) is 0. The second-order valence-corrected chi connectivity index (χ2v) is 4.32. The number of ether oxygens (including phenoxy) is 2. The molecule has 0 saturated carbocycles. The van der Waals surface area contributed by atoms with E-state index in [4.69, 9.17) is 15.2 Å². The first kappa shape index (κ1) is 11.7. The molecule has 2 aromatic rings. The van der Waals surface area contributed by atoms with Crippen LogP contribution in [0.25, 0.3) is 0 Å². The van der Waals surface area contributed by atoms with Crippen LogP contribution in [0.5, 0.6) is 11.5 Å². The van der Waals surface area contributed by atoms with Crippen LogP contribution in [0.2, 0.25) is 0 Å². The van der Waals surface area contributed by atoms with Crippen molar-refractivity contribution in [1.82, 2.24) is 10.2 Å². The molecule has 0 amide bonds. The molecule has 0 aliphatic carbocycles. The first-order valence-electron chi connectivity index (χ1n) is 5.21. The Bertz CT molecular complexity index is 470. The summed E-state index contributed by atoms with van der Waals surface area (Å²) in [5.74, 6) is 1.60. The second-order valence-electron chi connectivity index (χ2n) is 3.23. The average Bonchev–Trinajstić information content (AvgIpc) is 2.75. The largest absolute Gasteiger partial charge is 0.494 e. The van der Waals surface area contributed by atoms with Gasteiger partial charge in [-0.2, -0.15) is 0 Å². The van der Waals surface area contributed by atoms with Crippen molar-refractivity contribution < 1.29 is 9.47 Å². The Kier molecular flexibility index (Phi) is 3.77. The average molecular weight is 251 g/mol. The van der Waals surface area contributed by atoms with Gasteiger partial charge in [-0.05, 0) is 31.2 Å². The van der Waals surface area contributed by atoms with Gasteiger partial charge in [0.2, 0.25) is 5.13 Å². The summed E-state index contributed by atoms with van der Waals surface area (Å²) in [5, 5.41) is 8.80. The molecule has 1 aromatic heterocycles. The fourth-order valence-electron chi connectivity index (χ4n) is 1.27. The number of hydrogen-bond donors (Lipinski definition) is 1.